The predicted octanol–water partition coefficient (Wildman–Crippen LogP) is 2.56. The molecular formula is C23H37N5O. The van der Waals surface area contributed by atoms with E-state index in [0.29, 0.717) is 11.8 Å². The maximum atomic E-state index is 12.4. The number of aliphatic imine (C=N–C) groups is 1. The summed E-state index contributed by atoms with van der Waals surface area (Å²) in [5.41, 5.74) is 2.59. The molecule has 6 heteroatoms. The van der Waals surface area contributed by atoms with Crippen molar-refractivity contribution in [3.63, 3.8) is 0 Å². The predicted molar refractivity (Wildman–Crippen MR) is 119 cm³/mol. The number of hydrogen-bond donors (Lipinski definition) is 2. The molecule has 3 rings (SSSR count). The van der Waals surface area contributed by atoms with Gasteiger partial charge in [0.15, 0.2) is 5.96 Å². The number of carbonyl (C=O) groups excluding carboxylic acids is 1. The molecule has 2 fully saturated rings. The molecule has 29 heavy (non-hydrogen) atoms. The van der Waals surface area contributed by atoms with Gasteiger partial charge in [-0.15, -0.1) is 0 Å². The first kappa shape index (κ1) is 21.6. The van der Waals surface area contributed by atoms with Gasteiger partial charge in [-0.2, -0.15) is 0 Å². The van der Waals surface area contributed by atoms with E-state index in [1.807, 2.05) is 0 Å². The van der Waals surface area contributed by atoms with E-state index in [9.17, 15) is 4.79 Å². The molecule has 1 aliphatic heterocycles. The summed E-state index contributed by atoms with van der Waals surface area (Å²) in [6.45, 7) is 12.6. The Hall–Kier alpha value is -2.08. The number of carbonyl (C=O) groups is 1. The number of rotatable bonds is 7. The van der Waals surface area contributed by atoms with Crippen LogP contribution in [0.15, 0.2) is 29.3 Å². The molecule has 1 aliphatic carbocycles. The van der Waals surface area contributed by atoms with E-state index in [0.717, 1.165) is 64.6 Å². The third-order valence-electron chi connectivity index (χ3n) is 6.18. The number of piperazine rings is 1. The molecule has 0 spiro atoms. The maximum Gasteiger partial charge on any atom is 0.225 e. The fraction of sp³-hybridized carbons (Fsp3) is 0.652. The summed E-state index contributed by atoms with van der Waals surface area (Å²) >= 11 is 0. The summed E-state index contributed by atoms with van der Waals surface area (Å²) < 4.78 is 0. The van der Waals surface area contributed by atoms with Crippen LogP contribution in [0, 0.1) is 12.8 Å². The Morgan fingerprint density at radius 1 is 1.21 bits per heavy atom. The van der Waals surface area contributed by atoms with Crippen molar-refractivity contribution < 1.29 is 4.79 Å². The lowest BCUT2D eigenvalue weighted by Crippen LogP contribution is -2.51. The number of aryl methyl sites for hydroxylation is 1. The molecule has 160 valence electrons. The van der Waals surface area contributed by atoms with Gasteiger partial charge in [0.25, 0.3) is 0 Å². The Morgan fingerprint density at radius 3 is 2.55 bits per heavy atom. The quantitative estimate of drug-likeness (QED) is 0.546. The lowest BCUT2D eigenvalue weighted by atomic mass is 9.84. The van der Waals surface area contributed by atoms with E-state index in [2.05, 4.69) is 65.5 Å². The minimum absolute atomic E-state index is 0.204. The molecular weight excluding hydrogens is 362 g/mol. The van der Waals surface area contributed by atoms with Crippen LogP contribution in [0.4, 0.5) is 0 Å². The molecule has 0 bridgehead atoms. The lowest BCUT2D eigenvalue weighted by molar-refractivity contribution is -0.139. The molecule has 2 N–H and O–H groups in total. The van der Waals surface area contributed by atoms with Crippen molar-refractivity contribution in [2.75, 3.05) is 45.8 Å². The Kier molecular flexibility index (Phi) is 7.92. The highest BCUT2D eigenvalue weighted by molar-refractivity contribution is 5.80. The average molecular weight is 400 g/mol. The molecule has 1 aromatic rings. The number of nitrogens with zero attached hydrogens (tertiary/aromatic N) is 3. The number of guanidine groups is 1. The smallest absolute Gasteiger partial charge is 0.225 e. The molecule has 1 aromatic carbocycles. The van der Waals surface area contributed by atoms with Gasteiger partial charge in [0.1, 0.15) is 0 Å². The van der Waals surface area contributed by atoms with Gasteiger partial charge in [-0.05, 0) is 44.7 Å². The van der Waals surface area contributed by atoms with Gasteiger partial charge in [-0.3, -0.25) is 14.7 Å². The minimum atomic E-state index is 0.204. The third-order valence-corrected chi connectivity index (χ3v) is 6.18. The number of benzene rings is 1. The normalized spacial score (nSPS) is 19.6. The van der Waals surface area contributed by atoms with Crippen molar-refractivity contribution in [1.29, 1.82) is 0 Å². The molecule has 0 radical (unpaired) electrons. The standard InChI is InChI=1S/C23H37N5O/c1-4-24-23(26-19(3)21-11-6-5-8-18(21)2)25-12-13-27-14-16-28(17-15-27)22(29)20-9-7-10-20/h5-6,8,11,19-20H,4,7,9-10,12-17H2,1-3H3,(H2,24,25,26). The highest BCUT2D eigenvalue weighted by Crippen LogP contribution is 2.28. The Morgan fingerprint density at radius 2 is 1.93 bits per heavy atom. The van der Waals surface area contributed by atoms with Crippen molar-refractivity contribution in [2.45, 2.75) is 46.1 Å². The van der Waals surface area contributed by atoms with Gasteiger partial charge in [-0.1, -0.05) is 30.7 Å². The second-order valence-corrected chi connectivity index (χ2v) is 8.28. The summed E-state index contributed by atoms with van der Waals surface area (Å²) in [4.78, 5) is 21.6. The Balaban J connectivity index is 1.44. The summed E-state index contributed by atoms with van der Waals surface area (Å²) in [6, 6.07) is 8.67. The summed E-state index contributed by atoms with van der Waals surface area (Å²) in [6.07, 6.45) is 3.41. The second kappa shape index (κ2) is 10.6. The van der Waals surface area contributed by atoms with Gasteiger partial charge < -0.3 is 15.5 Å². The topological polar surface area (TPSA) is 60.0 Å². The van der Waals surface area contributed by atoms with Crippen molar-refractivity contribution in [1.82, 2.24) is 20.4 Å². The average Bonchev–Trinajstić information content (AvgIpc) is 2.67. The fourth-order valence-corrected chi connectivity index (χ4v) is 4.08. The zero-order valence-electron chi connectivity index (χ0n) is 18.3. The number of nitrogens with one attached hydrogen (secondary N) is 2. The van der Waals surface area contributed by atoms with E-state index in [1.54, 1.807) is 0 Å². The molecule has 1 heterocycles. The van der Waals surface area contributed by atoms with Crippen molar-refractivity contribution in [3.8, 4) is 0 Å². The summed E-state index contributed by atoms with van der Waals surface area (Å²) in [5, 5.41) is 6.88. The van der Waals surface area contributed by atoms with Crippen LogP contribution in [0.1, 0.15) is 50.3 Å². The van der Waals surface area contributed by atoms with Gasteiger partial charge in [0.2, 0.25) is 5.91 Å². The molecule has 2 aliphatic rings. The molecule has 0 aromatic heterocycles. The molecule has 1 unspecified atom stereocenters. The van der Waals surface area contributed by atoms with Gasteiger partial charge >= 0.3 is 0 Å². The Labute approximate surface area is 175 Å². The summed E-state index contributed by atoms with van der Waals surface area (Å²) in [5.74, 6) is 1.56. The molecule has 1 amide bonds. The van der Waals surface area contributed by atoms with E-state index < -0.39 is 0 Å². The molecule has 1 saturated carbocycles. The molecule has 1 atom stereocenters. The van der Waals surface area contributed by atoms with Crippen LogP contribution in [0.25, 0.3) is 0 Å². The molecule has 1 saturated heterocycles. The summed E-state index contributed by atoms with van der Waals surface area (Å²) in [7, 11) is 0. The van der Waals surface area contributed by atoms with Crippen LogP contribution < -0.4 is 10.6 Å². The van der Waals surface area contributed by atoms with Crippen molar-refractivity contribution >= 4 is 11.9 Å². The van der Waals surface area contributed by atoms with Crippen LogP contribution >= 0.6 is 0 Å². The van der Waals surface area contributed by atoms with Crippen LogP contribution in [-0.2, 0) is 4.79 Å². The van der Waals surface area contributed by atoms with Crippen molar-refractivity contribution in [2.24, 2.45) is 10.9 Å². The van der Waals surface area contributed by atoms with Crippen LogP contribution in [0.5, 0.6) is 0 Å². The Bertz CT molecular complexity index is 692. The first-order valence-electron chi connectivity index (χ1n) is 11.2. The highest BCUT2D eigenvalue weighted by Gasteiger charge is 2.30. The fourth-order valence-electron chi connectivity index (χ4n) is 4.08. The SMILES string of the molecule is CCNC(=NCCN1CCN(C(=O)C2CCC2)CC1)NC(C)c1ccccc1C. The second-order valence-electron chi connectivity index (χ2n) is 8.28. The van der Waals surface area contributed by atoms with E-state index >= 15 is 0 Å². The zero-order chi connectivity index (χ0) is 20.6. The third kappa shape index (κ3) is 5.95. The number of amides is 1. The molecule has 6 nitrogen and oxygen atoms in total. The minimum Gasteiger partial charge on any atom is -0.357 e. The van der Waals surface area contributed by atoms with E-state index in [4.69, 9.17) is 4.99 Å². The first-order valence-corrected chi connectivity index (χ1v) is 11.2. The van der Waals surface area contributed by atoms with Gasteiger partial charge in [0.05, 0.1) is 12.6 Å². The number of hydrogen-bond acceptors (Lipinski definition) is 3. The largest absolute Gasteiger partial charge is 0.357 e. The highest BCUT2D eigenvalue weighted by atomic mass is 16.2. The monoisotopic (exact) mass is 399 g/mol. The van der Waals surface area contributed by atoms with E-state index in [1.165, 1.54) is 17.5 Å². The lowest BCUT2D eigenvalue weighted by Gasteiger charge is -2.38. The van der Waals surface area contributed by atoms with Gasteiger partial charge in [0, 0.05) is 45.2 Å². The van der Waals surface area contributed by atoms with Crippen LogP contribution in [0.2, 0.25) is 0 Å². The van der Waals surface area contributed by atoms with Crippen molar-refractivity contribution in [3.05, 3.63) is 35.4 Å². The van der Waals surface area contributed by atoms with Crippen LogP contribution in [-0.4, -0.2) is 67.5 Å². The first-order chi connectivity index (χ1) is 14.1. The van der Waals surface area contributed by atoms with Crippen LogP contribution in [0.3, 0.4) is 0 Å². The van der Waals surface area contributed by atoms with Gasteiger partial charge in [-0.25, -0.2) is 0 Å². The van der Waals surface area contributed by atoms with E-state index in [-0.39, 0.29) is 6.04 Å². The zero-order valence-corrected chi connectivity index (χ0v) is 18.3. The maximum absolute atomic E-state index is 12.4.